The number of hydrogen-bond acceptors (Lipinski definition) is 5. The van der Waals surface area contributed by atoms with Gasteiger partial charge in [0.15, 0.2) is 5.65 Å². The highest BCUT2D eigenvalue weighted by Gasteiger charge is 2.06. The van der Waals surface area contributed by atoms with Gasteiger partial charge in [-0.25, -0.2) is 0 Å². The summed E-state index contributed by atoms with van der Waals surface area (Å²) in [6, 6.07) is 1.91. The second kappa shape index (κ2) is 3.13. The molecule has 0 unspecified atom stereocenters. The standard InChI is InChI=1S/C8H12N6/c1-5-4-6-11-7(9-2)12-8(10-3)14(6)13-5/h4H,1-3H3,(H2,9,10,11,12). The molecule has 14 heavy (non-hydrogen) atoms. The maximum atomic E-state index is 4.26. The minimum atomic E-state index is 0.585. The molecule has 2 heterocycles. The van der Waals surface area contributed by atoms with E-state index in [0.717, 1.165) is 11.3 Å². The first kappa shape index (κ1) is 8.74. The number of nitrogens with zero attached hydrogens (tertiary/aromatic N) is 4. The van der Waals surface area contributed by atoms with Gasteiger partial charge >= 0.3 is 0 Å². The monoisotopic (exact) mass is 192 g/mol. The molecular formula is C8H12N6. The number of hydrogen-bond donors (Lipinski definition) is 2. The zero-order chi connectivity index (χ0) is 10.1. The second-order valence-corrected chi connectivity index (χ2v) is 2.93. The van der Waals surface area contributed by atoms with Gasteiger partial charge in [0.2, 0.25) is 11.9 Å². The Morgan fingerprint density at radius 3 is 2.64 bits per heavy atom. The van der Waals surface area contributed by atoms with Gasteiger partial charge in [0.05, 0.1) is 5.69 Å². The van der Waals surface area contributed by atoms with Gasteiger partial charge in [-0.1, -0.05) is 0 Å². The van der Waals surface area contributed by atoms with Gasteiger partial charge in [0, 0.05) is 20.2 Å². The van der Waals surface area contributed by atoms with Crippen molar-refractivity contribution in [1.82, 2.24) is 19.6 Å². The number of rotatable bonds is 2. The van der Waals surface area contributed by atoms with Crippen molar-refractivity contribution in [3.8, 4) is 0 Å². The van der Waals surface area contributed by atoms with Gasteiger partial charge in [-0.05, 0) is 6.92 Å². The minimum absolute atomic E-state index is 0.585. The van der Waals surface area contributed by atoms with Crippen LogP contribution in [0.2, 0.25) is 0 Å². The fourth-order valence-corrected chi connectivity index (χ4v) is 1.28. The molecule has 0 atom stereocenters. The first-order valence-electron chi connectivity index (χ1n) is 4.34. The Balaban J connectivity index is 2.72. The van der Waals surface area contributed by atoms with Gasteiger partial charge in [-0.15, -0.1) is 0 Å². The predicted molar refractivity (Wildman–Crippen MR) is 54.6 cm³/mol. The Morgan fingerprint density at radius 2 is 2.00 bits per heavy atom. The topological polar surface area (TPSA) is 67.1 Å². The van der Waals surface area contributed by atoms with Crippen LogP contribution in [0.3, 0.4) is 0 Å². The first-order chi connectivity index (χ1) is 6.74. The summed E-state index contributed by atoms with van der Waals surface area (Å²) in [6.07, 6.45) is 0. The molecule has 0 amide bonds. The molecule has 0 radical (unpaired) electrons. The van der Waals surface area contributed by atoms with Crippen LogP contribution >= 0.6 is 0 Å². The lowest BCUT2D eigenvalue weighted by molar-refractivity contribution is 0.885. The van der Waals surface area contributed by atoms with Crippen molar-refractivity contribution in [3.63, 3.8) is 0 Å². The molecule has 0 spiro atoms. The number of aromatic nitrogens is 4. The molecule has 0 saturated heterocycles. The smallest absolute Gasteiger partial charge is 0.228 e. The molecule has 0 aliphatic carbocycles. The van der Waals surface area contributed by atoms with E-state index < -0.39 is 0 Å². The number of aryl methyl sites for hydroxylation is 1. The molecule has 74 valence electrons. The first-order valence-corrected chi connectivity index (χ1v) is 4.34. The third-order valence-corrected chi connectivity index (χ3v) is 1.89. The van der Waals surface area contributed by atoms with E-state index in [2.05, 4.69) is 25.7 Å². The zero-order valence-corrected chi connectivity index (χ0v) is 8.37. The van der Waals surface area contributed by atoms with E-state index in [1.807, 2.05) is 13.0 Å². The predicted octanol–water partition coefficient (Wildman–Crippen LogP) is 0.516. The van der Waals surface area contributed by atoms with Gasteiger partial charge in [0.25, 0.3) is 0 Å². The number of nitrogens with one attached hydrogen (secondary N) is 2. The minimum Gasteiger partial charge on any atom is -0.357 e. The summed E-state index contributed by atoms with van der Waals surface area (Å²) < 4.78 is 1.68. The largest absolute Gasteiger partial charge is 0.357 e. The van der Waals surface area contributed by atoms with Crippen molar-refractivity contribution in [3.05, 3.63) is 11.8 Å². The average Bonchev–Trinajstić information content (AvgIpc) is 2.56. The molecule has 2 N–H and O–H groups in total. The fraction of sp³-hybridized carbons (Fsp3) is 0.375. The quantitative estimate of drug-likeness (QED) is 0.726. The summed E-state index contributed by atoms with van der Waals surface area (Å²) in [5, 5.41) is 10.1. The van der Waals surface area contributed by atoms with E-state index in [0.29, 0.717) is 11.9 Å². The lowest BCUT2D eigenvalue weighted by atomic mass is 10.5. The lowest BCUT2D eigenvalue weighted by Gasteiger charge is -2.04. The van der Waals surface area contributed by atoms with E-state index >= 15 is 0 Å². The summed E-state index contributed by atoms with van der Waals surface area (Å²) in [5.41, 5.74) is 1.70. The Kier molecular flexibility index (Phi) is 1.95. The Morgan fingerprint density at radius 1 is 1.21 bits per heavy atom. The molecule has 0 aliphatic rings. The molecule has 0 bridgehead atoms. The maximum absolute atomic E-state index is 4.26. The van der Waals surface area contributed by atoms with Gasteiger partial charge in [-0.3, -0.25) is 0 Å². The van der Waals surface area contributed by atoms with Crippen molar-refractivity contribution >= 4 is 17.5 Å². The van der Waals surface area contributed by atoms with Gasteiger partial charge < -0.3 is 10.6 Å². The van der Waals surface area contributed by atoms with Crippen molar-refractivity contribution in [2.45, 2.75) is 6.92 Å². The third kappa shape index (κ3) is 1.24. The van der Waals surface area contributed by atoms with Crippen LogP contribution in [0.25, 0.3) is 5.65 Å². The second-order valence-electron chi connectivity index (χ2n) is 2.93. The van der Waals surface area contributed by atoms with Crippen LogP contribution < -0.4 is 10.6 Å². The lowest BCUT2D eigenvalue weighted by Crippen LogP contribution is -2.07. The molecule has 6 nitrogen and oxygen atoms in total. The Bertz CT molecular complexity index is 460. The van der Waals surface area contributed by atoms with Crippen molar-refractivity contribution in [2.24, 2.45) is 0 Å². The molecule has 0 saturated carbocycles. The van der Waals surface area contributed by atoms with Crippen molar-refractivity contribution in [2.75, 3.05) is 24.7 Å². The molecular weight excluding hydrogens is 180 g/mol. The molecule has 2 aromatic rings. The summed E-state index contributed by atoms with van der Waals surface area (Å²) in [7, 11) is 3.59. The van der Waals surface area contributed by atoms with Crippen LogP contribution in [0.15, 0.2) is 6.07 Å². The van der Waals surface area contributed by atoms with Gasteiger partial charge in [0.1, 0.15) is 0 Å². The van der Waals surface area contributed by atoms with Crippen LogP contribution in [0.4, 0.5) is 11.9 Å². The van der Waals surface area contributed by atoms with Crippen LogP contribution in [-0.4, -0.2) is 33.7 Å². The van der Waals surface area contributed by atoms with E-state index in [1.165, 1.54) is 0 Å². The molecule has 0 aromatic carbocycles. The highest BCUT2D eigenvalue weighted by atomic mass is 15.4. The van der Waals surface area contributed by atoms with E-state index in [9.17, 15) is 0 Å². The number of anilines is 2. The van der Waals surface area contributed by atoms with Gasteiger partial charge in [-0.2, -0.15) is 19.6 Å². The van der Waals surface area contributed by atoms with E-state index in [4.69, 9.17) is 0 Å². The van der Waals surface area contributed by atoms with Crippen LogP contribution in [0.1, 0.15) is 5.69 Å². The fourth-order valence-electron chi connectivity index (χ4n) is 1.28. The van der Waals surface area contributed by atoms with Crippen molar-refractivity contribution < 1.29 is 0 Å². The molecule has 2 rings (SSSR count). The molecule has 0 aliphatic heterocycles. The molecule has 2 aromatic heterocycles. The average molecular weight is 192 g/mol. The normalized spacial score (nSPS) is 10.5. The highest BCUT2D eigenvalue weighted by molar-refractivity contribution is 5.49. The third-order valence-electron chi connectivity index (χ3n) is 1.89. The SMILES string of the molecule is CNc1nc(NC)n2nc(C)cc2n1. The molecule has 0 fully saturated rings. The summed E-state index contributed by atoms with van der Waals surface area (Å²) in [4.78, 5) is 8.48. The highest BCUT2D eigenvalue weighted by Crippen LogP contribution is 2.11. The zero-order valence-electron chi connectivity index (χ0n) is 8.37. The van der Waals surface area contributed by atoms with E-state index in [-0.39, 0.29) is 0 Å². The van der Waals surface area contributed by atoms with Crippen LogP contribution in [0, 0.1) is 6.92 Å². The molecule has 6 heteroatoms. The van der Waals surface area contributed by atoms with E-state index in [1.54, 1.807) is 18.6 Å². The summed E-state index contributed by atoms with van der Waals surface area (Å²) in [5.74, 6) is 1.26. The maximum Gasteiger partial charge on any atom is 0.228 e. The Hall–Kier alpha value is -1.85. The van der Waals surface area contributed by atoms with Crippen LogP contribution in [-0.2, 0) is 0 Å². The van der Waals surface area contributed by atoms with Crippen molar-refractivity contribution in [1.29, 1.82) is 0 Å². The summed E-state index contributed by atoms with van der Waals surface area (Å²) >= 11 is 0. The van der Waals surface area contributed by atoms with Crippen LogP contribution in [0.5, 0.6) is 0 Å². The Labute approximate surface area is 81.4 Å². The number of fused-ring (bicyclic) bond motifs is 1. The summed E-state index contributed by atoms with van der Waals surface area (Å²) in [6.45, 7) is 1.92.